The largest absolute Gasteiger partial charge is 0.452 e. The predicted molar refractivity (Wildman–Crippen MR) is 114 cm³/mol. The van der Waals surface area contributed by atoms with Crippen molar-refractivity contribution >= 4 is 23.3 Å². The molecule has 164 valence electrons. The van der Waals surface area contributed by atoms with E-state index in [9.17, 15) is 19.7 Å². The zero-order chi connectivity index (χ0) is 21.5. The third kappa shape index (κ3) is 5.70. The number of carbonyl (C=O) groups excluding carboxylic acids is 2. The van der Waals surface area contributed by atoms with Gasteiger partial charge in [-0.3, -0.25) is 14.9 Å². The Morgan fingerprint density at radius 1 is 1.13 bits per heavy atom. The van der Waals surface area contributed by atoms with Gasteiger partial charge in [-0.05, 0) is 43.7 Å². The van der Waals surface area contributed by atoms with Crippen LogP contribution in [-0.2, 0) is 9.53 Å². The third-order valence-corrected chi connectivity index (χ3v) is 6.15. The molecule has 1 saturated carbocycles. The van der Waals surface area contributed by atoms with Crippen LogP contribution in [0, 0.1) is 16.0 Å². The molecule has 1 aliphatic heterocycles. The summed E-state index contributed by atoms with van der Waals surface area (Å²) in [5.74, 6) is -0.655. The maximum atomic E-state index is 12.4. The van der Waals surface area contributed by atoms with E-state index in [4.69, 9.17) is 4.74 Å². The molecule has 1 aliphatic carbocycles. The predicted octanol–water partition coefficient (Wildman–Crippen LogP) is 3.83. The van der Waals surface area contributed by atoms with Crippen LogP contribution in [-0.4, -0.2) is 42.5 Å². The van der Waals surface area contributed by atoms with Gasteiger partial charge >= 0.3 is 5.97 Å². The van der Waals surface area contributed by atoms with Crippen molar-refractivity contribution in [3.8, 4) is 0 Å². The molecular weight excluding hydrogens is 386 g/mol. The second kappa shape index (κ2) is 10.4. The lowest BCUT2D eigenvalue weighted by molar-refractivity contribution is -0.384. The summed E-state index contributed by atoms with van der Waals surface area (Å²) >= 11 is 0. The minimum Gasteiger partial charge on any atom is -0.452 e. The number of ether oxygens (including phenoxy) is 1. The third-order valence-electron chi connectivity index (χ3n) is 6.15. The first-order valence-corrected chi connectivity index (χ1v) is 11.0. The second-order valence-corrected chi connectivity index (χ2v) is 8.37. The molecule has 1 amide bonds. The number of amides is 1. The first-order chi connectivity index (χ1) is 14.5. The van der Waals surface area contributed by atoms with E-state index in [1.807, 2.05) is 4.90 Å². The zero-order valence-corrected chi connectivity index (χ0v) is 17.6. The molecule has 8 heteroatoms. The minimum absolute atomic E-state index is 0.0825. The molecule has 1 aromatic rings. The van der Waals surface area contributed by atoms with Crippen molar-refractivity contribution in [2.24, 2.45) is 5.92 Å². The van der Waals surface area contributed by atoms with Crippen LogP contribution < -0.4 is 10.2 Å². The quantitative estimate of drug-likeness (QED) is 0.429. The SMILES string of the molecule is C[C@H]1CCCC[C@H]1NC(=O)COC(=O)c1ccc(N2CCCCCC2)c([N+](=O)[O-])c1. The van der Waals surface area contributed by atoms with Crippen molar-refractivity contribution in [1.29, 1.82) is 0 Å². The molecule has 2 aliphatic rings. The standard InChI is InChI=1S/C22H31N3O5/c1-16-8-4-5-9-18(16)23-21(26)15-30-22(27)17-10-11-19(20(14-17)25(28)29)24-12-6-2-3-7-13-24/h10-11,14,16,18H,2-9,12-13,15H2,1H3,(H,23,26)/t16-,18+/m0/s1. The Hall–Kier alpha value is -2.64. The van der Waals surface area contributed by atoms with Crippen molar-refractivity contribution in [2.75, 3.05) is 24.6 Å². The minimum atomic E-state index is -0.729. The molecule has 0 aromatic heterocycles. The number of carbonyl (C=O) groups is 2. The van der Waals surface area contributed by atoms with Gasteiger partial charge in [0.05, 0.1) is 10.5 Å². The number of nitro benzene ring substituents is 1. The summed E-state index contributed by atoms with van der Waals surface area (Å²) in [5, 5.41) is 14.5. The fourth-order valence-electron chi connectivity index (χ4n) is 4.37. The van der Waals surface area contributed by atoms with E-state index < -0.39 is 10.9 Å². The fourth-order valence-corrected chi connectivity index (χ4v) is 4.37. The zero-order valence-electron chi connectivity index (χ0n) is 17.6. The van der Waals surface area contributed by atoms with Gasteiger partial charge in [0, 0.05) is 25.2 Å². The Labute approximate surface area is 177 Å². The van der Waals surface area contributed by atoms with E-state index in [1.165, 1.54) is 18.6 Å². The molecule has 1 heterocycles. The molecule has 0 bridgehead atoms. The summed E-state index contributed by atoms with van der Waals surface area (Å²) in [4.78, 5) is 37.7. The lowest BCUT2D eigenvalue weighted by Gasteiger charge is -2.29. The molecule has 1 saturated heterocycles. The van der Waals surface area contributed by atoms with E-state index in [-0.39, 0.29) is 29.8 Å². The highest BCUT2D eigenvalue weighted by Gasteiger charge is 2.25. The molecule has 1 N–H and O–H groups in total. The van der Waals surface area contributed by atoms with Crippen LogP contribution in [0.3, 0.4) is 0 Å². The van der Waals surface area contributed by atoms with Gasteiger partial charge in [-0.2, -0.15) is 0 Å². The van der Waals surface area contributed by atoms with Gasteiger partial charge in [0.2, 0.25) is 0 Å². The summed E-state index contributed by atoms with van der Waals surface area (Å²) in [5.41, 5.74) is 0.508. The summed E-state index contributed by atoms with van der Waals surface area (Å²) in [7, 11) is 0. The van der Waals surface area contributed by atoms with Crippen molar-refractivity contribution in [1.82, 2.24) is 5.32 Å². The van der Waals surface area contributed by atoms with Crippen LogP contribution in [0.2, 0.25) is 0 Å². The van der Waals surface area contributed by atoms with E-state index in [2.05, 4.69) is 12.2 Å². The van der Waals surface area contributed by atoms with Crippen molar-refractivity contribution < 1.29 is 19.2 Å². The normalized spacial score (nSPS) is 22.1. The lowest BCUT2D eigenvalue weighted by Crippen LogP contribution is -2.42. The summed E-state index contributed by atoms with van der Waals surface area (Å²) < 4.78 is 5.12. The highest BCUT2D eigenvalue weighted by molar-refractivity contribution is 5.93. The highest BCUT2D eigenvalue weighted by Crippen LogP contribution is 2.31. The molecule has 8 nitrogen and oxygen atoms in total. The Kier molecular flexibility index (Phi) is 7.65. The van der Waals surface area contributed by atoms with Crippen molar-refractivity contribution in [3.05, 3.63) is 33.9 Å². The number of nitrogens with zero attached hydrogens (tertiary/aromatic N) is 2. The van der Waals surface area contributed by atoms with Gasteiger partial charge in [0.15, 0.2) is 6.61 Å². The smallest absolute Gasteiger partial charge is 0.338 e. The lowest BCUT2D eigenvalue weighted by atomic mass is 9.86. The summed E-state index contributed by atoms with van der Waals surface area (Å²) in [6.45, 7) is 3.26. The fraction of sp³-hybridized carbons (Fsp3) is 0.636. The molecular formula is C22H31N3O5. The number of nitro groups is 1. The average molecular weight is 418 g/mol. The second-order valence-electron chi connectivity index (χ2n) is 8.37. The summed E-state index contributed by atoms with van der Waals surface area (Å²) in [6.07, 6.45) is 8.51. The van der Waals surface area contributed by atoms with Gasteiger partial charge in [-0.25, -0.2) is 4.79 Å². The van der Waals surface area contributed by atoms with E-state index >= 15 is 0 Å². The topological polar surface area (TPSA) is 102 Å². The van der Waals surface area contributed by atoms with Crippen molar-refractivity contribution in [3.63, 3.8) is 0 Å². The molecule has 3 rings (SSSR count). The van der Waals surface area contributed by atoms with Gasteiger partial charge in [0.25, 0.3) is 11.6 Å². The van der Waals surface area contributed by atoms with E-state index in [1.54, 1.807) is 6.07 Å². The number of esters is 1. The van der Waals surface area contributed by atoms with Gasteiger partial charge in [-0.1, -0.05) is 32.6 Å². The molecule has 2 fully saturated rings. The number of anilines is 1. The maximum Gasteiger partial charge on any atom is 0.338 e. The Balaban J connectivity index is 1.61. The van der Waals surface area contributed by atoms with E-state index in [0.717, 1.165) is 58.0 Å². The molecule has 0 unspecified atom stereocenters. The molecule has 2 atom stereocenters. The molecule has 30 heavy (non-hydrogen) atoms. The number of benzene rings is 1. The maximum absolute atomic E-state index is 12.4. The van der Waals surface area contributed by atoms with Crippen LogP contribution in [0.25, 0.3) is 0 Å². The highest BCUT2D eigenvalue weighted by atomic mass is 16.6. The number of hydrogen-bond acceptors (Lipinski definition) is 6. The Bertz CT molecular complexity index is 774. The average Bonchev–Trinajstić information content (AvgIpc) is 3.02. The van der Waals surface area contributed by atoms with Gasteiger partial charge < -0.3 is 15.0 Å². The Morgan fingerprint density at radius 2 is 1.83 bits per heavy atom. The molecule has 0 spiro atoms. The molecule has 1 aromatic carbocycles. The van der Waals surface area contributed by atoms with Gasteiger partial charge in [0.1, 0.15) is 5.69 Å². The van der Waals surface area contributed by atoms with Crippen LogP contribution >= 0.6 is 0 Å². The first kappa shape index (κ1) is 22.1. The first-order valence-electron chi connectivity index (χ1n) is 11.0. The van der Waals surface area contributed by atoms with E-state index in [0.29, 0.717) is 11.6 Å². The molecule has 0 radical (unpaired) electrons. The van der Waals surface area contributed by atoms with Crippen LogP contribution in [0.1, 0.15) is 68.6 Å². The van der Waals surface area contributed by atoms with Crippen molar-refractivity contribution in [2.45, 2.75) is 64.3 Å². The van der Waals surface area contributed by atoms with Gasteiger partial charge in [-0.15, -0.1) is 0 Å². The number of hydrogen-bond donors (Lipinski definition) is 1. The number of nitrogens with one attached hydrogen (secondary N) is 1. The summed E-state index contributed by atoms with van der Waals surface area (Å²) in [6, 6.07) is 4.52. The monoisotopic (exact) mass is 417 g/mol. The Morgan fingerprint density at radius 3 is 2.50 bits per heavy atom. The number of rotatable bonds is 6. The van der Waals surface area contributed by atoms with Crippen LogP contribution in [0.15, 0.2) is 18.2 Å². The van der Waals surface area contributed by atoms with Crippen LogP contribution in [0.4, 0.5) is 11.4 Å². The van der Waals surface area contributed by atoms with Crippen LogP contribution in [0.5, 0.6) is 0 Å².